The van der Waals surface area contributed by atoms with Gasteiger partial charge in [-0.25, -0.2) is 4.39 Å². The SMILES string of the molecule is CNC(=O)c1noc(CNC(=O)[C@H](c2cccc(F)c2)N(C)C)n1. The number of benzene rings is 1. The number of carbonyl (C=O) groups is 2. The number of halogens is 1. The summed E-state index contributed by atoms with van der Waals surface area (Å²) in [5.74, 6) is -1.28. The van der Waals surface area contributed by atoms with E-state index >= 15 is 0 Å². The lowest BCUT2D eigenvalue weighted by Gasteiger charge is -2.23. The standard InChI is InChI=1S/C15H18FN5O3/c1-17-15(23)13-19-11(24-20-13)8-18-14(22)12(21(2)3)9-5-4-6-10(16)7-9/h4-7,12H,8H2,1-3H3,(H,17,23)(H,18,22)/t12-/m0/s1. The van der Waals surface area contributed by atoms with E-state index in [1.165, 1.54) is 19.2 Å². The fraction of sp³-hybridized carbons (Fsp3) is 0.333. The zero-order valence-corrected chi connectivity index (χ0v) is 13.5. The Balaban J connectivity index is 2.06. The first kappa shape index (κ1) is 17.5. The molecule has 0 aliphatic carbocycles. The van der Waals surface area contributed by atoms with E-state index in [1.54, 1.807) is 31.1 Å². The number of nitrogens with zero attached hydrogens (tertiary/aromatic N) is 3. The average molecular weight is 335 g/mol. The fourth-order valence-electron chi connectivity index (χ4n) is 2.15. The van der Waals surface area contributed by atoms with Gasteiger partial charge in [0.25, 0.3) is 11.7 Å². The number of nitrogens with one attached hydrogen (secondary N) is 2. The largest absolute Gasteiger partial charge is 0.352 e. The molecular weight excluding hydrogens is 317 g/mol. The van der Waals surface area contributed by atoms with Crippen molar-refractivity contribution in [2.24, 2.45) is 0 Å². The van der Waals surface area contributed by atoms with Gasteiger partial charge in [0, 0.05) is 7.05 Å². The topological polar surface area (TPSA) is 100 Å². The molecular formula is C15H18FN5O3. The minimum Gasteiger partial charge on any atom is -0.352 e. The van der Waals surface area contributed by atoms with Crippen LogP contribution in [0.2, 0.25) is 0 Å². The van der Waals surface area contributed by atoms with E-state index in [0.717, 1.165) is 0 Å². The van der Waals surface area contributed by atoms with E-state index in [-0.39, 0.29) is 24.2 Å². The van der Waals surface area contributed by atoms with Gasteiger partial charge in [-0.15, -0.1) is 0 Å². The maximum atomic E-state index is 13.4. The predicted molar refractivity (Wildman–Crippen MR) is 82.4 cm³/mol. The van der Waals surface area contributed by atoms with E-state index in [1.807, 2.05) is 0 Å². The molecule has 1 aromatic carbocycles. The minimum atomic E-state index is -0.679. The molecule has 0 aliphatic rings. The van der Waals surface area contributed by atoms with Crippen LogP contribution in [0.4, 0.5) is 4.39 Å². The second-order valence-electron chi connectivity index (χ2n) is 5.23. The van der Waals surface area contributed by atoms with Crippen molar-refractivity contribution in [2.75, 3.05) is 21.1 Å². The van der Waals surface area contributed by atoms with Gasteiger partial charge in [-0.05, 0) is 31.8 Å². The van der Waals surface area contributed by atoms with Gasteiger partial charge in [-0.2, -0.15) is 4.98 Å². The van der Waals surface area contributed by atoms with Crippen molar-refractivity contribution in [3.63, 3.8) is 0 Å². The summed E-state index contributed by atoms with van der Waals surface area (Å²) >= 11 is 0. The summed E-state index contributed by atoms with van der Waals surface area (Å²) in [6, 6.07) is 5.15. The van der Waals surface area contributed by atoms with E-state index < -0.39 is 17.8 Å². The van der Waals surface area contributed by atoms with Gasteiger partial charge in [-0.3, -0.25) is 14.5 Å². The predicted octanol–water partition coefficient (Wildman–Crippen LogP) is 0.487. The summed E-state index contributed by atoms with van der Waals surface area (Å²) < 4.78 is 18.3. The average Bonchev–Trinajstić information content (AvgIpc) is 3.01. The first-order valence-corrected chi connectivity index (χ1v) is 7.16. The molecule has 0 aliphatic heterocycles. The highest BCUT2D eigenvalue weighted by molar-refractivity contribution is 5.89. The van der Waals surface area contributed by atoms with Crippen molar-refractivity contribution >= 4 is 11.8 Å². The number of likely N-dealkylation sites (N-methyl/N-ethyl adjacent to an activating group) is 1. The van der Waals surface area contributed by atoms with Crippen molar-refractivity contribution in [1.82, 2.24) is 25.7 Å². The maximum Gasteiger partial charge on any atom is 0.292 e. The molecule has 9 heteroatoms. The third-order valence-electron chi connectivity index (χ3n) is 3.24. The van der Waals surface area contributed by atoms with Crippen molar-refractivity contribution in [1.29, 1.82) is 0 Å². The van der Waals surface area contributed by atoms with Gasteiger partial charge in [-0.1, -0.05) is 17.3 Å². The Morgan fingerprint density at radius 3 is 2.75 bits per heavy atom. The molecule has 0 saturated carbocycles. The Morgan fingerprint density at radius 2 is 2.12 bits per heavy atom. The van der Waals surface area contributed by atoms with E-state index in [0.29, 0.717) is 5.56 Å². The molecule has 1 heterocycles. The van der Waals surface area contributed by atoms with E-state index in [9.17, 15) is 14.0 Å². The summed E-state index contributed by atoms with van der Waals surface area (Å²) in [5, 5.41) is 8.51. The number of hydrogen-bond donors (Lipinski definition) is 2. The molecule has 2 amide bonds. The summed E-state index contributed by atoms with van der Waals surface area (Å²) in [6.07, 6.45) is 0. The van der Waals surface area contributed by atoms with E-state index in [4.69, 9.17) is 4.52 Å². The third-order valence-corrected chi connectivity index (χ3v) is 3.24. The smallest absolute Gasteiger partial charge is 0.292 e. The van der Waals surface area contributed by atoms with Crippen LogP contribution in [-0.4, -0.2) is 48.0 Å². The number of aromatic nitrogens is 2. The molecule has 1 atom stereocenters. The van der Waals surface area contributed by atoms with E-state index in [2.05, 4.69) is 20.8 Å². The minimum absolute atomic E-state index is 0.0392. The molecule has 1 aromatic heterocycles. The van der Waals surface area contributed by atoms with Crippen LogP contribution in [-0.2, 0) is 11.3 Å². The number of hydrogen-bond acceptors (Lipinski definition) is 6. The van der Waals surface area contributed by atoms with Crippen LogP contribution in [0.3, 0.4) is 0 Å². The molecule has 0 unspecified atom stereocenters. The molecule has 0 spiro atoms. The van der Waals surface area contributed by atoms with Crippen molar-refractivity contribution < 1.29 is 18.5 Å². The highest BCUT2D eigenvalue weighted by Crippen LogP contribution is 2.19. The zero-order valence-electron chi connectivity index (χ0n) is 13.5. The summed E-state index contributed by atoms with van der Waals surface area (Å²) in [6.45, 7) is -0.0392. The Morgan fingerprint density at radius 1 is 1.38 bits per heavy atom. The van der Waals surface area contributed by atoms with Crippen LogP contribution < -0.4 is 10.6 Å². The lowest BCUT2D eigenvalue weighted by atomic mass is 10.1. The molecule has 128 valence electrons. The molecule has 0 bridgehead atoms. The number of carbonyl (C=O) groups excluding carboxylic acids is 2. The molecule has 24 heavy (non-hydrogen) atoms. The van der Waals surface area contributed by atoms with Crippen LogP contribution >= 0.6 is 0 Å². The lowest BCUT2D eigenvalue weighted by Crippen LogP contribution is -2.36. The summed E-state index contributed by atoms with van der Waals surface area (Å²) in [4.78, 5) is 29.3. The van der Waals surface area contributed by atoms with Gasteiger partial charge in [0.2, 0.25) is 11.8 Å². The van der Waals surface area contributed by atoms with Gasteiger partial charge in [0.05, 0.1) is 6.54 Å². The summed E-state index contributed by atoms with van der Waals surface area (Å²) in [7, 11) is 4.87. The normalized spacial score (nSPS) is 12.0. The first-order chi connectivity index (χ1) is 11.4. The van der Waals surface area contributed by atoms with Gasteiger partial charge >= 0.3 is 0 Å². The van der Waals surface area contributed by atoms with Crippen molar-refractivity contribution in [2.45, 2.75) is 12.6 Å². The Labute approximate surface area is 138 Å². The second kappa shape index (κ2) is 7.64. The molecule has 2 rings (SSSR count). The maximum absolute atomic E-state index is 13.4. The second-order valence-corrected chi connectivity index (χ2v) is 5.23. The molecule has 2 aromatic rings. The number of amides is 2. The van der Waals surface area contributed by atoms with Crippen LogP contribution in [0.15, 0.2) is 28.8 Å². The molecule has 0 saturated heterocycles. The van der Waals surface area contributed by atoms with Crippen molar-refractivity contribution in [3.05, 3.63) is 47.4 Å². The third kappa shape index (κ3) is 4.13. The lowest BCUT2D eigenvalue weighted by molar-refractivity contribution is -0.126. The van der Waals surface area contributed by atoms with Gasteiger partial charge < -0.3 is 15.2 Å². The summed E-state index contributed by atoms with van der Waals surface area (Å²) in [5.41, 5.74) is 0.522. The van der Waals surface area contributed by atoms with Gasteiger partial charge in [0.15, 0.2) is 0 Å². The zero-order chi connectivity index (χ0) is 17.7. The van der Waals surface area contributed by atoms with Gasteiger partial charge in [0.1, 0.15) is 11.9 Å². The van der Waals surface area contributed by atoms with Crippen LogP contribution in [0.1, 0.15) is 28.1 Å². The van der Waals surface area contributed by atoms with Crippen LogP contribution in [0, 0.1) is 5.82 Å². The Kier molecular flexibility index (Phi) is 5.59. The fourth-order valence-corrected chi connectivity index (χ4v) is 2.15. The highest BCUT2D eigenvalue weighted by Gasteiger charge is 2.24. The molecule has 8 nitrogen and oxygen atoms in total. The van der Waals surface area contributed by atoms with Crippen molar-refractivity contribution in [3.8, 4) is 0 Å². The molecule has 2 N–H and O–H groups in total. The quantitative estimate of drug-likeness (QED) is 0.797. The highest BCUT2D eigenvalue weighted by atomic mass is 19.1. The monoisotopic (exact) mass is 335 g/mol. The Bertz CT molecular complexity index is 731. The Hall–Kier alpha value is -2.81. The molecule has 0 fully saturated rings. The first-order valence-electron chi connectivity index (χ1n) is 7.16. The molecule has 0 radical (unpaired) electrons. The van der Waals surface area contributed by atoms with Crippen LogP contribution in [0.5, 0.6) is 0 Å². The van der Waals surface area contributed by atoms with Crippen LogP contribution in [0.25, 0.3) is 0 Å². The number of rotatable bonds is 6.